The Balaban J connectivity index is 1.77. The van der Waals surface area contributed by atoms with Gasteiger partial charge in [-0.25, -0.2) is 0 Å². The fraction of sp³-hybridized carbons (Fsp3) is 1.00. The van der Waals surface area contributed by atoms with Crippen molar-refractivity contribution < 1.29 is 4.74 Å². The Kier molecular flexibility index (Phi) is 1.50. The first kappa shape index (κ1) is 7.34. The first-order chi connectivity index (χ1) is 5.91. The molecule has 0 N–H and O–H groups in total. The van der Waals surface area contributed by atoms with Gasteiger partial charge in [-0.05, 0) is 32.2 Å². The van der Waals surface area contributed by atoms with Crippen LogP contribution in [-0.4, -0.2) is 36.2 Å². The van der Waals surface area contributed by atoms with E-state index in [-0.39, 0.29) is 0 Å². The summed E-state index contributed by atoms with van der Waals surface area (Å²) in [5.74, 6) is 0. The number of likely N-dealkylation sites (tertiary alicyclic amines) is 1. The molecule has 0 amide bonds. The molecule has 0 radical (unpaired) electrons. The van der Waals surface area contributed by atoms with E-state index in [1.807, 2.05) is 0 Å². The maximum atomic E-state index is 5.38. The van der Waals surface area contributed by atoms with E-state index in [0.717, 1.165) is 19.3 Å². The van der Waals surface area contributed by atoms with E-state index in [0.29, 0.717) is 5.54 Å². The van der Waals surface area contributed by atoms with Crippen LogP contribution in [0.3, 0.4) is 0 Å². The molecule has 2 nitrogen and oxygen atoms in total. The van der Waals surface area contributed by atoms with Crippen LogP contribution in [0.5, 0.6) is 0 Å². The monoisotopic (exact) mass is 167 g/mol. The van der Waals surface area contributed by atoms with Gasteiger partial charge in [0, 0.05) is 6.04 Å². The largest absolute Gasteiger partial charge is 0.377 e. The van der Waals surface area contributed by atoms with Crippen molar-refractivity contribution in [2.75, 3.05) is 19.8 Å². The zero-order valence-corrected chi connectivity index (χ0v) is 7.59. The second-order valence-electron chi connectivity index (χ2n) is 4.60. The summed E-state index contributed by atoms with van der Waals surface area (Å²) >= 11 is 0. The maximum Gasteiger partial charge on any atom is 0.0681 e. The number of rotatable bonds is 1. The van der Waals surface area contributed by atoms with Crippen LogP contribution in [0.2, 0.25) is 0 Å². The Hall–Kier alpha value is -0.0800. The Labute approximate surface area is 73.9 Å². The summed E-state index contributed by atoms with van der Waals surface area (Å²) < 4.78 is 5.38. The molecule has 2 heteroatoms. The second-order valence-corrected chi connectivity index (χ2v) is 4.60. The fourth-order valence-electron chi connectivity index (χ4n) is 2.72. The van der Waals surface area contributed by atoms with Gasteiger partial charge in [-0.15, -0.1) is 0 Å². The van der Waals surface area contributed by atoms with Gasteiger partial charge in [0.05, 0.1) is 18.8 Å². The van der Waals surface area contributed by atoms with E-state index in [9.17, 15) is 0 Å². The molecule has 3 fully saturated rings. The smallest absolute Gasteiger partial charge is 0.0681 e. The third-order valence-corrected chi connectivity index (χ3v) is 3.63. The van der Waals surface area contributed by atoms with Crippen molar-refractivity contribution in [3.05, 3.63) is 0 Å². The molecule has 2 aliphatic heterocycles. The lowest BCUT2D eigenvalue weighted by Gasteiger charge is -2.52. The molecule has 0 aromatic rings. The minimum absolute atomic E-state index is 0.513. The highest BCUT2D eigenvalue weighted by Gasteiger charge is 2.50. The van der Waals surface area contributed by atoms with Gasteiger partial charge in [0.15, 0.2) is 0 Å². The Bertz CT molecular complexity index is 184. The van der Waals surface area contributed by atoms with Crippen LogP contribution in [0.4, 0.5) is 0 Å². The van der Waals surface area contributed by atoms with Gasteiger partial charge in [0.25, 0.3) is 0 Å². The van der Waals surface area contributed by atoms with Gasteiger partial charge in [0.2, 0.25) is 0 Å². The lowest BCUT2D eigenvalue weighted by Crippen LogP contribution is -2.64. The summed E-state index contributed by atoms with van der Waals surface area (Å²) in [6, 6.07) is 0.939. The summed E-state index contributed by atoms with van der Waals surface area (Å²) in [4.78, 5) is 2.75. The first-order valence-electron chi connectivity index (χ1n) is 5.25. The molecule has 0 unspecified atom stereocenters. The average molecular weight is 167 g/mol. The molecule has 0 aromatic carbocycles. The van der Waals surface area contributed by atoms with Crippen LogP contribution < -0.4 is 0 Å². The summed E-state index contributed by atoms with van der Waals surface area (Å²) in [6.07, 6.45) is 7.12. The normalized spacial score (nSPS) is 35.0. The molecular weight excluding hydrogens is 150 g/mol. The van der Waals surface area contributed by atoms with Crippen molar-refractivity contribution >= 4 is 0 Å². The molecule has 2 saturated heterocycles. The molecule has 0 atom stereocenters. The first-order valence-corrected chi connectivity index (χ1v) is 5.25. The van der Waals surface area contributed by atoms with Crippen LogP contribution >= 0.6 is 0 Å². The SMILES string of the molecule is C1CCC2(COC2)N(C2CC2)C1. The third-order valence-electron chi connectivity index (χ3n) is 3.63. The number of hydrogen-bond donors (Lipinski definition) is 0. The Morgan fingerprint density at radius 1 is 1.17 bits per heavy atom. The lowest BCUT2D eigenvalue weighted by molar-refractivity contribution is -0.159. The maximum absolute atomic E-state index is 5.38. The predicted octanol–water partition coefficient (Wildman–Crippen LogP) is 1.40. The van der Waals surface area contributed by atoms with Gasteiger partial charge >= 0.3 is 0 Å². The second kappa shape index (κ2) is 2.46. The van der Waals surface area contributed by atoms with Crippen molar-refractivity contribution in [2.24, 2.45) is 0 Å². The van der Waals surface area contributed by atoms with Crippen LogP contribution in [0.25, 0.3) is 0 Å². The number of nitrogens with zero attached hydrogens (tertiary/aromatic N) is 1. The predicted molar refractivity (Wildman–Crippen MR) is 47.1 cm³/mol. The topological polar surface area (TPSA) is 12.5 Å². The highest BCUT2D eigenvalue weighted by atomic mass is 16.5. The molecular formula is C10H17NO. The minimum atomic E-state index is 0.513. The molecule has 12 heavy (non-hydrogen) atoms. The summed E-state index contributed by atoms with van der Waals surface area (Å²) in [6.45, 7) is 3.38. The highest BCUT2D eigenvalue weighted by Crippen LogP contribution is 2.41. The molecule has 68 valence electrons. The van der Waals surface area contributed by atoms with Crippen molar-refractivity contribution in [1.29, 1.82) is 0 Å². The van der Waals surface area contributed by atoms with Crippen molar-refractivity contribution in [3.63, 3.8) is 0 Å². The molecule has 1 aliphatic carbocycles. The van der Waals surface area contributed by atoms with Crippen LogP contribution in [0.15, 0.2) is 0 Å². The van der Waals surface area contributed by atoms with Crippen molar-refractivity contribution in [1.82, 2.24) is 4.90 Å². The van der Waals surface area contributed by atoms with E-state index in [1.54, 1.807) is 0 Å². The number of piperidine rings is 1. The zero-order chi connectivity index (χ0) is 8.02. The number of hydrogen-bond acceptors (Lipinski definition) is 2. The molecule has 0 aromatic heterocycles. The van der Waals surface area contributed by atoms with Crippen LogP contribution in [0, 0.1) is 0 Å². The Morgan fingerprint density at radius 2 is 2.00 bits per heavy atom. The Morgan fingerprint density at radius 3 is 2.58 bits per heavy atom. The number of ether oxygens (including phenoxy) is 1. The molecule has 2 heterocycles. The van der Waals surface area contributed by atoms with E-state index >= 15 is 0 Å². The van der Waals surface area contributed by atoms with Gasteiger partial charge in [-0.3, -0.25) is 4.90 Å². The van der Waals surface area contributed by atoms with Crippen molar-refractivity contribution in [3.8, 4) is 0 Å². The van der Waals surface area contributed by atoms with E-state index in [2.05, 4.69) is 4.90 Å². The minimum Gasteiger partial charge on any atom is -0.377 e. The average Bonchev–Trinajstić information content (AvgIpc) is 2.84. The summed E-state index contributed by atoms with van der Waals surface area (Å²) in [5.41, 5.74) is 0.513. The standard InChI is InChI=1S/C10H17NO/c1-2-6-11(9-3-4-9)10(5-1)7-12-8-10/h9H,1-8H2. The van der Waals surface area contributed by atoms with E-state index in [1.165, 1.54) is 38.6 Å². The molecule has 3 rings (SSSR count). The van der Waals surface area contributed by atoms with E-state index < -0.39 is 0 Å². The van der Waals surface area contributed by atoms with Crippen molar-refractivity contribution in [2.45, 2.75) is 43.7 Å². The lowest BCUT2D eigenvalue weighted by atomic mass is 9.84. The van der Waals surface area contributed by atoms with Gasteiger partial charge in [0.1, 0.15) is 0 Å². The molecule has 1 saturated carbocycles. The summed E-state index contributed by atoms with van der Waals surface area (Å²) in [5, 5.41) is 0. The van der Waals surface area contributed by atoms with Gasteiger partial charge in [-0.2, -0.15) is 0 Å². The quantitative estimate of drug-likeness (QED) is 0.585. The van der Waals surface area contributed by atoms with Gasteiger partial charge < -0.3 is 4.74 Å². The zero-order valence-electron chi connectivity index (χ0n) is 7.59. The molecule has 0 bridgehead atoms. The molecule has 1 spiro atoms. The third kappa shape index (κ3) is 0.944. The summed E-state index contributed by atoms with van der Waals surface area (Å²) in [7, 11) is 0. The highest BCUT2D eigenvalue weighted by molar-refractivity contribution is 5.04. The van der Waals surface area contributed by atoms with Crippen LogP contribution in [-0.2, 0) is 4.74 Å². The molecule has 3 aliphatic rings. The van der Waals surface area contributed by atoms with Gasteiger partial charge in [-0.1, -0.05) is 6.42 Å². The van der Waals surface area contributed by atoms with Crippen LogP contribution in [0.1, 0.15) is 32.1 Å². The fourth-order valence-corrected chi connectivity index (χ4v) is 2.72. The van der Waals surface area contributed by atoms with E-state index in [4.69, 9.17) is 4.74 Å².